The van der Waals surface area contributed by atoms with Gasteiger partial charge in [-0.25, -0.2) is 0 Å². The van der Waals surface area contributed by atoms with Crippen LogP contribution in [0, 0.1) is 5.92 Å². The van der Waals surface area contributed by atoms with Crippen molar-refractivity contribution >= 4 is 0 Å². The first-order valence-electron chi connectivity index (χ1n) is 6.59. The summed E-state index contributed by atoms with van der Waals surface area (Å²) in [5, 5.41) is 7.04. The minimum Gasteiger partial charge on any atom is -0.317 e. The lowest BCUT2D eigenvalue weighted by Gasteiger charge is -2.28. The van der Waals surface area contributed by atoms with Gasteiger partial charge < -0.3 is 10.6 Å². The number of likely N-dealkylation sites (tertiary alicyclic amines) is 1. The van der Waals surface area contributed by atoms with Crippen LogP contribution in [-0.2, 0) is 0 Å². The van der Waals surface area contributed by atoms with Gasteiger partial charge in [-0.1, -0.05) is 6.42 Å². The van der Waals surface area contributed by atoms with Crippen LogP contribution in [0.5, 0.6) is 0 Å². The summed E-state index contributed by atoms with van der Waals surface area (Å²) < 4.78 is 0. The van der Waals surface area contributed by atoms with Crippen molar-refractivity contribution in [3.63, 3.8) is 0 Å². The van der Waals surface area contributed by atoms with Crippen molar-refractivity contribution in [3.8, 4) is 0 Å². The van der Waals surface area contributed by atoms with E-state index in [1.54, 1.807) is 0 Å². The Balaban J connectivity index is 1.53. The van der Waals surface area contributed by atoms with E-state index in [-0.39, 0.29) is 0 Å². The molecule has 0 aromatic carbocycles. The quantitative estimate of drug-likeness (QED) is 0.727. The molecule has 0 aromatic heterocycles. The van der Waals surface area contributed by atoms with Crippen LogP contribution in [0.3, 0.4) is 0 Å². The number of hydrogen-bond donors (Lipinski definition) is 2. The maximum atomic E-state index is 3.62. The third-order valence-corrected chi connectivity index (χ3v) is 3.68. The predicted molar refractivity (Wildman–Crippen MR) is 63.9 cm³/mol. The topological polar surface area (TPSA) is 27.3 Å². The molecule has 2 fully saturated rings. The zero-order valence-corrected chi connectivity index (χ0v) is 9.80. The molecule has 2 aliphatic rings. The lowest BCUT2D eigenvalue weighted by atomic mass is 9.98. The van der Waals surface area contributed by atoms with Gasteiger partial charge in [-0.15, -0.1) is 0 Å². The molecular weight excluding hydrogens is 186 g/mol. The number of piperidine rings is 2. The van der Waals surface area contributed by atoms with Crippen LogP contribution < -0.4 is 10.6 Å². The fourth-order valence-electron chi connectivity index (χ4n) is 2.63. The number of nitrogens with one attached hydrogen (secondary N) is 2. The van der Waals surface area contributed by atoms with E-state index in [4.69, 9.17) is 0 Å². The van der Waals surface area contributed by atoms with Crippen molar-refractivity contribution in [2.75, 3.05) is 39.4 Å². The van der Waals surface area contributed by atoms with Crippen LogP contribution in [-0.4, -0.2) is 44.3 Å². The van der Waals surface area contributed by atoms with E-state index < -0.39 is 0 Å². The van der Waals surface area contributed by atoms with Crippen molar-refractivity contribution in [1.82, 2.24) is 15.5 Å². The fraction of sp³-hybridized carbons (Fsp3) is 1.00. The Labute approximate surface area is 93.6 Å². The van der Waals surface area contributed by atoms with Crippen molar-refractivity contribution in [2.24, 2.45) is 5.92 Å². The number of nitrogens with zero attached hydrogens (tertiary/aromatic N) is 1. The van der Waals surface area contributed by atoms with Crippen molar-refractivity contribution in [3.05, 3.63) is 0 Å². The van der Waals surface area contributed by atoms with E-state index in [1.165, 1.54) is 64.8 Å². The van der Waals surface area contributed by atoms with Gasteiger partial charge in [0.05, 0.1) is 0 Å². The third-order valence-electron chi connectivity index (χ3n) is 3.68. The van der Waals surface area contributed by atoms with Gasteiger partial charge in [0.2, 0.25) is 0 Å². The van der Waals surface area contributed by atoms with Gasteiger partial charge in [0.25, 0.3) is 0 Å². The van der Waals surface area contributed by atoms with Gasteiger partial charge in [0.1, 0.15) is 0 Å². The second-order valence-corrected chi connectivity index (χ2v) is 4.98. The molecule has 2 saturated heterocycles. The molecule has 2 N–H and O–H groups in total. The van der Waals surface area contributed by atoms with Gasteiger partial charge in [0.15, 0.2) is 0 Å². The van der Waals surface area contributed by atoms with Gasteiger partial charge >= 0.3 is 0 Å². The summed E-state index contributed by atoms with van der Waals surface area (Å²) in [5.41, 5.74) is 0. The van der Waals surface area contributed by atoms with Gasteiger partial charge in [-0.3, -0.25) is 4.90 Å². The summed E-state index contributed by atoms with van der Waals surface area (Å²) in [4.78, 5) is 2.56. The molecule has 2 heterocycles. The fourth-order valence-corrected chi connectivity index (χ4v) is 2.63. The van der Waals surface area contributed by atoms with E-state index in [0.29, 0.717) is 0 Å². The zero-order chi connectivity index (χ0) is 10.3. The zero-order valence-electron chi connectivity index (χ0n) is 9.80. The molecule has 0 aliphatic carbocycles. The smallest absolute Gasteiger partial charge is 0.0480 e. The van der Waals surface area contributed by atoms with Gasteiger partial charge in [0, 0.05) is 6.67 Å². The number of rotatable bonds is 4. The number of hydrogen-bond acceptors (Lipinski definition) is 3. The molecule has 0 bridgehead atoms. The molecule has 0 unspecified atom stereocenters. The standard InChI is InChI=1S/C12H25N3/c1-2-8-15(9-3-1)11-14-10-12-4-6-13-7-5-12/h12-14H,1-11H2. The molecule has 3 nitrogen and oxygen atoms in total. The van der Waals surface area contributed by atoms with E-state index >= 15 is 0 Å². The third kappa shape index (κ3) is 4.09. The summed E-state index contributed by atoms with van der Waals surface area (Å²) in [7, 11) is 0. The maximum absolute atomic E-state index is 3.62. The summed E-state index contributed by atoms with van der Waals surface area (Å²) >= 11 is 0. The Bertz CT molecular complexity index is 142. The highest BCUT2D eigenvalue weighted by Gasteiger charge is 2.13. The van der Waals surface area contributed by atoms with Crippen LogP contribution in [0.15, 0.2) is 0 Å². The Morgan fingerprint density at radius 3 is 2.53 bits per heavy atom. The van der Waals surface area contributed by atoms with Crippen LogP contribution in [0.4, 0.5) is 0 Å². The largest absolute Gasteiger partial charge is 0.317 e. The highest BCUT2D eigenvalue weighted by Crippen LogP contribution is 2.10. The van der Waals surface area contributed by atoms with Gasteiger partial charge in [-0.05, 0) is 64.3 Å². The molecule has 15 heavy (non-hydrogen) atoms. The Kier molecular flexibility index (Phi) is 4.90. The van der Waals surface area contributed by atoms with E-state index in [9.17, 15) is 0 Å². The average molecular weight is 211 g/mol. The molecule has 3 heteroatoms. The lowest BCUT2D eigenvalue weighted by molar-refractivity contribution is 0.204. The predicted octanol–water partition coefficient (Wildman–Crippen LogP) is 1.02. The molecule has 0 radical (unpaired) electrons. The molecule has 0 aromatic rings. The van der Waals surface area contributed by atoms with E-state index in [1.807, 2.05) is 0 Å². The van der Waals surface area contributed by atoms with E-state index in [0.717, 1.165) is 12.6 Å². The second-order valence-electron chi connectivity index (χ2n) is 4.98. The molecule has 0 atom stereocenters. The molecular formula is C12H25N3. The summed E-state index contributed by atoms with van der Waals surface area (Å²) in [6, 6.07) is 0. The molecule has 0 amide bonds. The van der Waals surface area contributed by atoms with E-state index in [2.05, 4.69) is 15.5 Å². The SMILES string of the molecule is C1CCN(CNCC2CCNCC2)CC1. The highest BCUT2D eigenvalue weighted by atomic mass is 15.2. The van der Waals surface area contributed by atoms with Crippen molar-refractivity contribution in [2.45, 2.75) is 32.1 Å². The summed E-state index contributed by atoms with van der Waals surface area (Å²) in [6.07, 6.45) is 6.94. The molecule has 0 spiro atoms. The van der Waals surface area contributed by atoms with Crippen LogP contribution in [0.1, 0.15) is 32.1 Å². The minimum atomic E-state index is 0.913. The maximum Gasteiger partial charge on any atom is 0.0480 e. The summed E-state index contributed by atoms with van der Waals surface area (Å²) in [6.45, 7) is 7.38. The first-order valence-corrected chi connectivity index (χ1v) is 6.59. The Hall–Kier alpha value is -0.120. The Morgan fingerprint density at radius 1 is 1.07 bits per heavy atom. The molecule has 0 saturated carbocycles. The van der Waals surface area contributed by atoms with Crippen LogP contribution in [0.2, 0.25) is 0 Å². The van der Waals surface area contributed by atoms with Gasteiger partial charge in [-0.2, -0.15) is 0 Å². The minimum absolute atomic E-state index is 0.913. The summed E-state index contributed by atoms with van der Waals surface area (Å²) in [5.74, 6) is 0.913. The van der Waals surface area contributed by atoms with Crippen LogP contribution in [0.25, 0.3) is 0 Å². The second kappa shape index (κ2) is 6.46. The first-order chi connectivity index (χ1) is 7.45. The highest BCUT2D eigenvalue weighted by molar-refractivity contribution is 4.71. The van der Waals surface area contributed by atoms with Crippen molar-refractivity contribution in [1.29, 1.82) is 0 Å². The molecule has 88 valence electrons. The van der Waals surface area contributed by atoms with Crippen LogP contribution >= 0.6 is 0 Å². The Morgan fingerprint density at radius 2 is 1.80 bits per heavy atom. The molecule has 2 rings (SSSR count). The lowest BCUT2D eigenvalue weighted by Crippen LogP contribution is -2.41. The van der Waals surface area contributed by atoms with Crippen molar-refractivity contribution < 1.29 is 0 Å². The average Bonchev–Trinajstić information content (AvgIpc) is 2.32. The normalized spacial score (nSPS) is 25.6. The first kappa shape index (κ1) is 11.4. The monoisotopic (exact) mass is 211 g/mol. The molecule has 2 aliphatic heterocycles.